The first-order valence-electron chi connectivity index (χ1n) is 7.51. The average Bonchev–Trinajstić information content (AvgIpc) is 3.25. The van der Waals surface area contributed by atoms with Gasteiger partial charge in [-0.05, 0) is 31.2 Å². The van der Waals surface area contributed by atoms with Crippen LogP contribution in [0.25, 0.3) is 0 Å². The van der Waals surface area contributed by atoms with Gasteiger partial charge in [0, 0.05) is 17.4 Å². The Kier molecular flexibility index (Phi) is 4.79. The number of carbonyl (C=O) groups excluding carboxylic acids is 2. The summed E-state index contributed by atoms with van der Waals surface area (Å²) in [7, 11) is 0. The van der Waals surface area contributed by atoms with E-state index in [2.05, 4.69) is 21.1 Å². The zero-order valence-electron chi connectivity index (χ0n) is 13.4. The number of aromatic nitrogens is 1. The van der Waals surface area contributed by atoms with Crippen molar-refractivity contribution in [2.24, 2.45) is 0 Å². The van der Waals surface area contributed by atoms with Crippen LogP contribution in [0, 0.1) is 6.92 Å². The molecular weight excluding hydrogens is 324 g/mol. The molecule has 0 unspecified atom stereocenters. The van der Waals surface area contributed by atoms with Gasteiger partial charge in [0.1, 0.15) is 17.7 Å². The number of nitrogens with one attached hydrogen (secondary N) is 3. The SMILES string of the molecule is Cc1cc(CNC(=O)Nc2cccc(NC(=O)c3ccoc3)c2)no1. The molecule has 128 valence electrons. The van der Waals surface area contributed by atoms with Crippen LogP contribution in [0.1, 0.15) is 21.8 Å². The number of hydrogen-bond acceptors (Lipinski definition) is 5. The smallest absolute Gasteiger partial charge is 0.319 e. The first-order valence-corrected chi connectivity index (χ1v) is 7.51. The van der Waals surface area contributed by atoms with Crippen LogP contribution in [0.5, 0.6) is 0 Å². The minimum atomic E-state index is -0.390. The van der Waals surface area contributed by atoms with Crippen LogP contribution in [0.4, 0.5) is 16.2 Å². The number of benzene rings is 1. The third kappa shape index (κ3) is 4.47. The Morgan fingerprint density at radius 3 is 2.60 bits per heavy atom. The molecule has 0 saturated carbocycles. The topological polar surface area (TPSA) is 109 Å². The van der Waals surface area contributed by atoms with Crippen LogP contribution in [-0.2, 0) is 6.54 Å². The van der Waals surface area contributed by atoms with E-state index in [1.807, 2.05) is 0 Å². The molecule has 3 N–H and O–H groups in total. The highest BCUT2D eigenvalue weighted by Gasteiger charge is 2.09. The number of rotatable bonds is 5. The summed E-state index contributed by atoms with van der Waals surface area (Å²) in [6.45, 7) is 2.03. The highest BCUT2D eigenvalue weighted by Crippen LogP contribution is 2.16. The molecular formula is C17H16N4O4. The third-order valence-corrected chi connectivity index (χ3v) is 3.27. The monoisotopic (exact) mass is 340 g/mol. The van der Waals surface area contributed by atoms with Crippen LogP contribution in [0.15, 0.2) is 57.9 Å². The summed E-state index contributed by atoms with van der Waals surface area (Å²) in [6.07, 6.45) is 2.78. The van der Waals surface area contributed by atoms with E-state index in [-0.39, 0.29) is 18.5 Å². The molecule has 1 aromatic carbocycles. The van der Waals surface area contributed by atoms with Gasteiger partial charge < -0.3 is 24.9 Å². The molecule has 2 heterocycles. The van der Waals surface area contributed by atoms with Crippen LogP contribution < -0.4 is 16.0 Å². The Balaban J connectivity index is 1.55. The summed E-state index contributed by atoms with van der Waals surface area (Å²) < 4.78 is 9.81. The normalized spacial score (nSPS) is 10.3. The van der Waals surface area contributed by atoms with Crippen LogP contribution >= 0.6 is 0 Å². The zero-order valence-corrected chi connectivity index (χ0v) is 13.4. The van der Waals surface area contributed by atoms with Crippen LogP contribution in [0.2, 0.25) is 0 Å². The van der Waals surface area contributed by atoms with Crippen LogP contribution in [-0.4, -0.2) is 17.1 Å². The van der Waals surface area contributed by atoms with Gasteiger partial charge in [0.05, 0.1) is 18.4 Å². The quantitative estimate of drug-likeness (QED) is 0.661. The highest BCUT2D eigenvalue weighted by molar-refractivity contribution is 6.04. The maximum Gasteiger partial charge on any atom is 0.319 e. The van der Waals surface area contributed by atoms with E-state index in [1.165, 1.54) is 12.5 Å². The maximum absolute atomic E-state index is 12.0. The summed E-state index contributed by atoms with van der Waals surface area (Å²) in [5.41, 5.74) is 2.14. The minimum absolute atomic E-state index is 0.250. The van der Waals surface area contributed by atoms with E-state index in [4.69, 9.17) is 8.94 Å². The molecule has 3 rings (SSSR count). The zero-order chi connectivity index (χ0) is 17.6. The largest absolute Gasteiger partial charge is 0.472 e. The first kappa shape index (κ1) is 16.3. The van der Waals surface area contributed by atoms with Gasteiger partial charge in [0.25, 0.3) is 5.91 Å². The van der Waals surface area contributed by atoms with Crippen molar-refractivity contribution in [1.29, 1.82) is 0 Å². The molecule has 0 fully saturated rings. The molecule has 8 heteroatoms. The number of carbonyl (C=O) groups is 2. The molecule has 25 heavy (non-hydrogen) atoms. The molecule has 0 aliphatic carbocycles. The lowest BCUT2D eigenvalue weighted by Gasteiger charge is -2.09. The number of amides is 3. The Labute approximate surface area is 143 Å². The van der Waals surface area contributed by atoms with Crippen LogP contribution in [0.3, 0.4) is 0 Å². The van der Waals surface area contributed by atoms with Gasteiger partial charge in [-0.1, -0.05) is 11.2 Å². The van der Waals surface area contributed by atoms with E-state index >= 15 is 0 Å². The summed E-state index contributed by atoms with van der Waals surface area (Å²) >= 11 is 0. The molecule has 3 aromatic rings. The van der Waals surface area contributed by atoms with Gasteiger partial charge in [0.2, 0.25) is 0 Å². The third-order valence-electron chi connectivity index (χ3n) is 3.27. The molecule has 0 bridgehead atoms. The number of furan rings is 1. The van der Waals surface area contributed by atoms with Crippen molar-refractivity contribution in [3.05, 3.63) is 65.9 Å². The van der Waals surface area contributed by atoms with E-state index in [1.54, 1.807) is 43.3 Å². The number of aryl methyl sites for hydroxylation is 1. The predicted octanol–water partition coefficient (Wildman–Crippen LogP) is 3.15. The molecule has 0 saturated heterocycles. The Morgan fingerprint density at radius 2 is 1.92 bits per heavy atom. The van der Waals surface area contributed by atoms with Gasteiger partial charge in [-0.3, -0.25) is 4.79 Å². The van der Waals surface area contributed by atoms with Gasteiger partial charge in [0.15, 0.2) is 0 Å². The Morgan fingerprint density at radius 1 is 1.12 bits per heavy atom. The maximum atomic E-state index is 12.0. The lowest BCUT2D eigenvalue weighted by Crippen LogP contribution is -2.28. The molecule has 0 atom stereocenters. The first-order chi connectivity index (χ1) is 12.1. The number of anilines is 2. The van der Waals surface area contributed by atoms with Crippen molar-refractivity contribution in [1.82, 2.24) is 10.5 Å². The summed E-state index contributed by atoms with van der Waals surface area (Å²) in [5, 5.41) is 11.9. The fraction of sp³-hybridized carbons (Fsp3) is 0.118. The van der Waals surface area contributed by atoms with Crippen molar-refractivity contribution in [3.63, 3.8) is 0 Å². The summed E-state index contributed by atoms with van der Waals surface area (Å²) in [5.74, 6) is 0.384. The van der Waals surface area contributed by atoms with Gasteiger partial charge in [-0.25, -0.2) is 4.79 Å². The second-order valence-electron chi connectivity index (χ2n) is 5.28. The van der Waals surface area contributed by atoms with Crippen molar-refractivity contribution >= 4 is 23.3 Å². The Bertz CT molecular complexity index is 870. The van der Waals surface area contributed by atoms with Gasteiger partial charge >= 0.3 is 6.03 Å². The second kappa shape index (κ2) is 7.35. The number of urea groups is 1. The Hall–Kier alpha value is -3.55. The predicted molar refractivity (Wildman–Crippen MR) is 90.2 cm³/mol. The molecule has 8 nitrogen and oxygen atoms in total. The number of nitrogens with zero attached hydrogens (tertiary/aromatic N) is 1. The van der Waals surface area contributed by atoms with Crippen molar-refractivity contribution in [2.45, 2.75) is 13.5 Å². The van der Waals surface area contributed by atoms with E-state index in [9.17, 15) is 9.59 Å². The fourth-order valence-corrected chi connectivity index (χ4v) is 2.12. The molecule has 0 radical (unpaired) electrons. The standard InChI is InChI=1S/C17H16N4O4/c1-11-7-15(21-25-11)9-18-17(23)20-14-4-2-3-13(8-14)19-16(22)12-5-6-24-10-12/h2-8,10H,9H2,1H3,(H,19,22)(H2,18,20,23). The molecule has 0 aliphatic heterocycles. The summed E-state index contributed by atoms with van der Waals surface area (Å²) in [6, 6.07) is 9.73. The van der Waals surface area contributed by atoms with E-state index in [0.717, 1.165) is 0 Å². The molecule has 0 aliphatic rings. The molecule has 2 aromatic heterocycles. The highest BCUT2D eigenvalue weighted by atomic mass is 16.5. The van der Waals surface area contributed by atoms with Crippen molar-refractivity contribution < 1.29 is 18.5 Å². The summed E-state index contributed by atoms with van der Waals surface area (Å²) in [4.78, 5) is 23.9. The van der Waals surface area contributed by atoms with E-state index < -0.39 is 0 Å². The molecule has 3 amide bonds. The number of hydrogen-bond donors (Lipinski definition) is 3. The van der Waals surface area contributed by atoms with Gasteiger partial charge in [-0.2, -0.15) is 0 Å². The lowest BCUT2D eigenvalue weighted by molar-refractivity contribution is 0.102. The van der Waals surface area contributed by atoms with E-state index in [0.29, 0.717) is 28.4 Å². The fourth-order valence-electron chi connectivity index (χ4n) is 2.12. The van der Waals surface area contributed by atoms with Crippen molar-refractivity contribution in [2.75, 3.05) is 10.6 Å². The van der Waals surface area contributed by atoms with Crippen molar-refractivity contribution in [3.8, 4) is 0 Å². The molecule has 0 spiro atoms. The minimum Gasteiger partial charge on any atom is -0.472 e. The lowest BCUT2D eigenvalue weighted by atomic mass is 10.2. The van der Waals surface area contributed by atoms with Gasteiger partial charge in [-0.15, -0.1) is 0 Å². The second-order valence-corrected chi connectivity index (χ2v) is 5.28. The average molecular weight is 340 g/mol.